The number of hydrogen-bond donors (Lipinski definition) is 1. The zero-order valence-corrected chi connectivity index (χ0v) is 11.1. The third-order valence-corrected chi connectivity index (χ3v) is 2.94. The molecule has 4 nitrogen and oxygen atoms in total. The van der Waals surface area contributed by atoms with Crippen LogP contribution in [0.4, 0.5) is 13.2 Å². The highest BCUT2D eigenvalue weighted by Crippen LogP contribution is 2.37. The number of rotatable bonds is 3. The summed E-state index contributed by atoms with van der Waals surface area (Å²) < 4.78 is 40.8. The van der Waals surface area contributed by atoms with Crippen molar-refractivity contribution in [3.63, 3.8) is 0 Å². The number of halogens is 3. The Morgan fingerprint density at radius 3 is 2.40 bits per heavy atom. The summed E-state index contributed by atoms with van der Waals surface area (Å²) >= 11 is 0. The van der Waals surface area contributed by atoms with E-state index in [0.717, 1.165) is 6.07 Å². The second-order valence-corrected chi connectivity index (χ2v) is 4.65. The van der Waals surface area contributed by atoms with Crippen molar-refractivity contribution in [2.75, 3.05) is 0 Å². The van der Waals surface area contributed by atoms with Gasteiger partial charge in [0.25, 0.3) is 0 Å². The predicted molar refractivity (Wildman–Crippen MR) is 68.7 cm³/mol. The highest BCUT2D eigenvalue weighted by atomic mass is 19.4. The van der Waals surface area contributed by atoms with Crippen LogP contribution in [-0.2, 0) is 12.7 Å². The second-order valence-electron chi connectivity index (χ2n) is 4.65. The van der Waals surface area contributed by atoms with Crippen molar-refractivity contribution in [1.29, 1.82) is 0 Å². The fourth-order valence-corrected chi connectivity index (χ4v) is 2.11. The van der Waals surface area contributed by atoms with E-state index in [1.807, 2.05) is 13.8 Å². The Kier molecular flexibility index (Phi) is 3.80. The van der Waals surface area contributed by atoms with E-state index in [-0.39, 0.29) is 24.0 Å². The maximum absolute atomic E-state index is 13.1. The topological polar surface area (TPSA) is 56.7 Å². The number of benzene rings is 1. The van der Waals surface area contributed by atoms with Crippen LogP contribution in [0.3, 0.4) is 0 Å². The molecule has 0 saturated carbocycles. The van der Waals surface area contributed by atoms with Gasteiger partial charge >= 0.3 is 6.18 Å². The molecule has 0 aliphatic carbocycles. The van der Waals surface area contributed by atoms with Gasteiger partial charge in [-0.25, -0.2) is 0 Å². The molecule has 1 aromatic carbocycles. The van der Waals surface area contributed by atoms with Gasteiger partial charge in [-0.15, -0.1) is 10.2 Å². The van der Waals surface area contributed by atoms with Crippen LogP contribution >= 0.6 is 0 Å². The summed E-state index contributed by atoms with van der Waals surface area (Å²) in [6, 6.07) is 5.25. The maximum Gasteiger partial charge on any atom is 0.417 e. The number of aromatic nitrogens is 3. The summed E-state index contributed by atoms with van der Waals surface area (Å²) in [7, 11) is 0. The molecule has 0 atom stereocenters. The second kappa shape index (κ2) is 5.24. The third kappa shape index (κ3) is 2.53. The zero-order chi connectivity index (χ0) is 14.9. The average Bonchev–Trinajstić information content (AvgIpc) is 2.81. The Hall–Kier alpha value is -1.89. The van der Waals surface area contributed by atoms with Crippen LogP contribution in [0.15, 0.2) is 24.3 Å². The van der Waals surface area contributed by atoms with Gasteiger partial charge in [-0.3, -0.25) is 0 Å². The molecule has 0 bridgehead atoms. The normalized spacial score (nSPS) is 12.2. The van der Waals surface area contributed by atoms with E-state index in [4.69, 9.17) is 5.73 Å². The molecule has 0 spiro atoms. The molecule has 2 N–H and O–H groups in total. The Bertz CT molecular complexity index is 602. The van der Waals surface area contributed by atoms with Crippen LogP contribution in [0.1, 0.15) is 31.3 Å². The maximum atomic E-state index is 13.1. The van der Waals surface area contributed by atoms with E-state index in [1.165, 1.54) is 12.1 Å². The lowest BCUT2D eigenvalue weighted by molar-refractivity contribution is -0.137. The van der Waals surface area contributed by atoms with Crippen LogP contribution in [0, 0.1) is 0 Å². The molecule has 7 heteroatoms. The Labute approximate surface area is 114 Å². The van der Waals surface area contributed by atoms with Crippen LogP contribution in [0.5, 0.6) is 0 Å². The summed E-state index contributed by atoms with van der Waals surface area (Å²) in [5.41, 5.74) is 4.85. The fourth-order valence-electron chi connectivity index (χ4n) is 2.11. The number of hydrogen-bond acceptors (Lipinski definition) is 3. The summed E-state index contributed by atoms with van der Waals surface area (Å²) in [5, 5.41) is 7.76. The largest absolute Gasteiger partial charge is 0.417 e. The summed E-state index contributed by atoms with van der Waals surface area (Å²) in [5.74, 6) is 0.653. The molecule has 1 aromatic heterocycles. The van der Waals surface area contributed by atoms with Crippen molar-refractivity contribution in [3.8, 4) is 11.4 Å². The molecule has 1 heterocycles. The summed E-state index contributed by atoms with van der Waals surface area (Å²) in [4.78, 5) is 0. The Balaban J connectivity index is 2.67. The van der Waals surface area contributed by atoms with Gasteiger partial charge in [0, 0.05) is 11.6 Å². The predicted octanol–water partition coefficient (Wildman–Crippen LogP) is 3.00. The molecule has 0 aliphatic heterocycles. The lowest BCUT2D eigenvalue weighted by atomic mass is 10.1. The number of nitrogens with two attached hydrogens (primary N) is 1. The molecule has 2 rings (SSSR count). The van der Waals surface area contributed by atoms with Gasteiger partial charge in [0.1, 0.15) is 5.82 Å². The van der Waals surface area contributed by atoms with E-state index in [0.29, 0.717) is 5.82 Å². The van der Waals surface area contributed by atoms with Gasteiger partial charge in [0.15, 0.2) is 5.82 Å². The molecule has 2 aromatic rings. The first-order valence-electron chi connectivity index (χ1n) is 6.16. The number of nitrogens with zero attached hydrogens (tertiary/aromatic N) is 3. The molecule has 0 saturated heterocycles. The van der Waals surface area contributed by atoms with Crippen LogP contribution < -0.4 is 5.73 Å². The van der Waals surface area contributed by atoms with Gasteiger partial charge in [0.2, 0.25) is 0 Å². The molecule has 0 unspecified atom stereocenters. The van der Waals surface area contributed by atoms with Crippen molar-refractivity contribution in [1.82, 2.24) is 14.8 Å². The highest BCUT2D eigenvalue weighted by molar-refractivity contribution is 5.61. The van der Waals surface area contributed by atoms with Crippen molar-refractivity contribution in [2.45, 2.75) is 32.6 Å². The standard InChI is InChI=1S/C13H15F3N4/c1-8(2)20-11(7-17)18-19-12(20)9-5-3-4-6-10(9)13(14,15)16/h3-6,8H,7,17H2,1-2H3. The summed E-state index contributed by atoms with van der Waals surface area (Å²) in [6.45, 7) is 3.82. The fraction of sp³-hybridized carbons (Fsp3) is 0.385. The van der Waals surface area contributed by atoms with Gasteiger partial charge in [-0.05, 0) is 19.9 Å². The van der Waals surface area contributed by atoms with Crippen molar-refractivity contribution in [2.24, 2.45) is 5.73 Å². The Morgan fingerprint density at radius 1 is 1.20 bits per heavy atom. The third-order valence-electron chi connectivity index (χ3n) is 2.94. The quantitative estimate of drug-likeness (QED) is 0.942. The minimum absolute atomic E-state index is 0.0147. The zero-order valence-electron chi connectivity index (χ0n) is 11.1. The van der Waals surface area contributed by atoms with E-state index in [9.17, 15) is 13.2 Å². The molecule has 0 radical (unpaired) electrons. The minimum atomic E-state index is -4.44. The van der Waals surface area contributed by atoms with Crippen LogP contribution in [-0.4, -0.2) is 14.8 Å². The number of alkyl halides is 3. The SMILES string of the molecule is CC(C)n1c(CN)nnc1-c1ccccc1C(F)(F)F. The first-order chi connectivity index (χ1) is 9.36. The smallest absolute Gasteiger partial charge is 0.324 e. The highest BCUT2D eigenvalue weighted by Gasteiger charge is 2.35. The first kappa shape index (κ1) is 14.5. The van der Waals surface area contributed by atoms with Crippen molar-refractivity contribution in [3.05, 3.63) is 35.7 Å². The van der Waals surface area contributed by atoms with Crippen LogP contribution in [0.25, 0.3) is 11.4 Å². The summed E-state index contributed by atoms with van der Waals surface area (Å²) in [6.07, 6.45) is -4.44. The first-order valence-corrected chi connectivity index (χ1v) is 6.16. The lowest BCUT2D eigenvalue weighted by Gasteiger charge is -2.16. The molecular weight excluding hydrogens is 269 g/mol. The van der Waals surface area contributed by atoms with Gasteiger partial charge in [0.05, 0.1) is 12.1 Å². The molecule has 0 amide bonds. The van der Waals surface area contributed by atoms with Gasteiger partial charge < -0.3 is 10.3 Å². The molecule has 20 heavy (non-hydrogen) atoms. The van der Waals surface area contributed by atoms with Gasteiger partial charge in [-0.1, -0.05) is 18.2 Å². The van der Waals surface area contributed by atoms with Gasteiger partial charge in [-0.2, -0.15) is 13.2 Å². The Morgan fingerprint density at radius 2 is 1.85 bits per heavy atom. The lowest BCUT2D eigenvalue weighted by Crippen LogP contribution is -2.13. The van der Waals surface area contributed by atoms with E-state index in [2.05, 4.69) is 10.2 Å². The van der Waals surface area contributed by atoms with E-state index >= 15 is 0 Å². The van der Waals surface area contributed by atoms with Crippen molar-refractivity contribution < 1.29 is 13.2 Å². The molecule has 108 valence electrons. The van der Waals surface area contributed by atoms with E-state index in [1.54, 1.807) is 10.6 Å². The van der Waals surface area contributed by atoms with E-state index < -0.39 is 11.7 Å². The van der Waals surface area contributed by atoms with Crippen molar-refractivity contribution >= 4 is 0 Å². The molecular formula is C13H15F3N4. The molecule has 0 aliphatic rings. The molecule has 0 fully saturated rings. The average molecular weight is 284 g/mol. The van der Waals surface area contributed by atoms with Crippen LogP contribution in [0.2, 0.25) is 0 Å². The monoisotopic (exact) mass is 284 g/mol. The minimum Gasteiger partial charge on any atom is -0.324 e.